The van der Waals surface area contributed by atoms with E-state index < -0.39 is 35.1 Å². The van der Waals surface area contributed by atoms with Crippen molar-refractivity contribution in [2.75, 3.05) is 19.5 Å². The number of benzene rings is 2. The minimum absolute atomic E-state index is 0.0524. The zero-order chi connectivity index (χ0) is 23.2. The van der Waals surface area contributed by atoms with E-state index in [9.17, 15) is 29.3 Å². The SMILES string of the molecule is COc1cc([C@@H]2CC(=O)Nc3c(C(=O)O)cn(-c4cccc(F)c4)c32)c(OC)c(O)c1O. The highest BCUT2D eigenvalue weighted by Gasteiger charge is 2.37. The van der Waals surface area contributed by atoms with Crippen molar-refractivity contribution in [1.82, 2.24) is 4.57 Å². The summed E-state index contributed by atoms with van der Waals surface area (Å²) in [6.45, 7) is 0. The first-order valence-corrected chi connectivity index (χ1v) is 9.47. The number of rotatable bonds is 5. The number of nitrogens with zero attached hydrogens (tertiary/aromatic N) is 1. The second-order valence-electron chi connectivity index (χ2n) is 7.16. The van der Waals surface area contributed by atoms with Crippen molar-refractivity contribution < 1.29 is 38.8 Å². The van der Waals surface area contributed by atoms with E-state index in [0.29, 0.717) is 11.4 Å². The fourth-order valence-corrected chi connectivity index (χ4v) is 3.99. The molecule has 0 unspecified atom stereocenters. The molecule has 0 aliphatic carbocycles. The first-order valence-electron chi connectivity index (χ1n) is 9.47. The first-order chi connectivity index (χ1) is 15.3. The standard InChI is InChI=1S/C22H19FN2O7/c1-31-15-7-13(21(32-2)20(28)19(15)27)12-8-16(26)24-17-14(22(29)30)9-25(18(12)17)11-5-3-4-10(23)6-11/h3-7,9,12,27-28H,8H2,1-2H3,(H,24,26)(H,29,30)/t12-/m0/s1. The monoisotopic (exact) mass is 442 g/mol. The Bertz CT molecular complexity index is 1250. The third-order valence-electron chi connectivity index (χ3n) is 5.37. The molecule has 1 aliphatic heterocycles. The quantitative estimate of drug-likeness (QED) is 0.446. The molecule has 0 saturated heterocycles. The summed E-state index contributed by atoms with van der Waals surface area (Å²) in [5.41, 5.74) is 0.832. The zero-order valence-electron chi connectivity index (χ0n) is 17.0. The molecule has 166 valence electrons. The van der Waals surface area contributed by atoms with Crippen LogP contribution in [0.5, 0.6) is 23.0 Å². The number of hydrogen-bond acceptors (Lipinski definition) is 6. The number of nitrogens with one attached hydrogen (secondary N) is 1. The Morgan fingerprint density at radius 3 is 2.56 bits per heavy atom. The lowest BCUT2D eigenvalue weighted by atomic mass is 9.87. The van der Waals surface area contributed by atoms with E-state index in [0.717, 1.165) is 0 Å². The van der Waals surface area contributed by atoms with Crippen molar-refractivity contribution in [2.45, 2.75) is 12.3 Å². The number of aromatic hydroxyl groups is 2. The van der Waals surface area contributed by atoms with Crippen LogP contribution in [0.4, 0.5) is 10.1 Å². The summed E-state index contributed by atoms with van der Waals surface area (Å²) in [7, 11) is 2.57. The molecule has 9 nitrogen and oxygen atoms in total. The highest BCUT2D eigenvalue weighted by atomic mass is 19.1. The van der Waals surface area contributed by atoms with Crippen molar-refractivity contribution in [3.63, 3.8) is 0 Å². The van der Waals surface area contributed by atoms with Crippen LogP contribution in [0, 0.1) is 5.82 Å². The topological polar surface area (TPSA) is 130 Å². The summed E-state index contributed by atoms with van der Waals surface area (Å²) in [4.78, 5) is 24.4. The molecule has 1 atom stereocenters. The van der Waals surface area contributed by atoms with Crippen molar-refractivity contribution in [2.24, 2.45) is 0 Å². The van der Waals surface area contributed by atoms with Crippen LogP contribution < -0.4 is 14.8 Å². The minimum Gasteiger partial charge on any atom is -0.502 e. The van der Waals surface area contributed by atoms with Crippen LogP contribution in [0.25, 0.3) is 5.69 Å². The largest absolute Gasteiger partial charge is 0.502 e. The minimum atomic E-state index is -1.28. The zero-order valence-corrected chi connectivity index (χ0v) is 17.0. The van der Waals surface area contributed by atoms with Gasteiger partial charge in [-0.25, -0.2) is 9.18 Å². The van der Waals surface area contributed by atoms with Gasteiger partial charge in [-0.05, 0) is 24.3 Å². The summed E-state index contributed by atoms with van der Waals surface area (Å²) < 4.78 is 25.8. The molecule has 1 aromatic heterocycles. The van der Waals surface area contributed by atoms with Crippen LogP contribution >= 0.6 is 0 Å². The molecule has 0 bridgehead atoms. The second-order valence-corrected chi connectivity index (χ2v) is 7.16. The van der Waals surface area contributed by atoms with Gasteiger partial charge in [0.05, 0.1) is 25.6 Å². The number of aromatic carboxylic acids is 1. The van der Waals surface area contributed by atoms with Gasteiger partial charge in [0.25, 0.3) is 0 Å². The van der Waals surface area contributed by atoms with Gasteiger partial charge in [-0.15, -0.1) is 0 Å². The van der Waals surface area contributed by atoms with Crippen LogP contribution in [-0.2, 0) is 4.79 Å². The number of aromatic nitrogens is 1. The fourth-order valence-electron chi connectivity index (χ4n) is 3.99. The number of fused-ring (bicyclic) bond motifs is 1. The lowest BCUT2D eigenvalue weighted by Gasteiger charge is -2.28. The van der Waals surface area contributed by atoms with Gasteiger partial charge >= 0.3 is 5.97 Å². The van der Waals surface area contributed by atoms with Gasteiger partial charge in [-0.2, -0.15) is 0 Å². The predicted molar refractivity (Wildman–Crippen MR) is 111 cm³/mol. The number of amides is 1. The summed E-state index contributed by atoms with van der Waals surface area (Å²) in [6.07, 6.45) is 1.17. The number of carbonyl (C=O) groups excluding carboxylic acids is 1. The van der Waals surface area contributed by atoms with Gasteiger partial charge in [0.2, 0.25) is 17.4 Å². The molecule has 10 heteroatoms. The van der Waals surface area contributed by atoms with Crippen LogP contribution in [0.3, 0.4) is 0 Å². The van der Waals surface area contributed by atoms with Crippen molar-refractivity contribution in [3.05, 3.63) is 59.2 Å². The molecule has 0 spiro atoms. The highest BCUT2D eigenvalue weighted by molar-refractivity contribution is 6.04. The fraction of sp³-hybridized carbons (Fsp3) is 0.182. The Kier molecular flexibility index (Phi) is 5.13. The smallest absolute Gasteiger partial charge is 0.339 e. The maximum Gasteiger partial charge on any atom is 0.339 e. The lowest BCUT2D eigenvalue weighted by molar-refractivity contribution is -0.116. The molecule has 4 N–H and O–H groups in total. The van der Waals surface area contributed by atoms with Crippen molar-refractivity contribution in [1.29, 1.82) is 0 Å². The number of phenols is 2. The molecule has 3 aromatic rings. The van der Waals surface area contributed by atoms with E-state index in [-0.39, 0.29) is 34.7 Å². The highest BCUT2D eigenvalue weighted by Crippen LogP contribution is 2.51. The Labute approximate surface area is 181 Å². The van der Waals surface area contributed by atoms with Crippen LogP contribution in [0.1, 0.15) is 34.0 Å². The Morgan fingerprint density at radius 2 is 1.94 bits per heavy atom. The van der Waals surface area contributed by atoms with Crippen LogP contribution in [-0.4, -0.2) is 46.0 Å². The molecule has 0 saturated carbocycles. The third kappa shape index (κ3) is 3.25. The number of hydrogen-bond donors (Lipinski definition) is 4. The molecule has 0 fully saturated rings. The second kappa shape index (κ2) is 7.80. The molecule has 1 aliphatic rings. The third-order valence-corrected chi connectivity index (χ3v) is 5.37. The van der Waals surface area contributed by atoms with Gasteiger partial charge < -0.3 is 34.7 Å². The summed E-state index contributed by atoms with van der Waals surface area (Å²) in [6, 6.07) is 6.96. The number of carboxylic acids is 1. The number of halogens is 1. The Hall–Kier alpha value is -4.21. The number of methoxy groups -OCH3 is 2. The van der Waals surface area contributed by atoms with E-state index in [4.69, 9.17) is 9.47 Å². The molecule has 1 amide bonds. The first kappa shape index (κ1) is 21.0. The van der Waals surface area contributed by atoms with Crippen molar-refractivity contribution >= 4 is 17.6 Å². The molecule has 0 radical (unpaired) electrons. The molecule has 2 heterocycles. The maximum atomic E-state index is 14.0. The van der Waals surface area contributed by atoms with E-state index in [1.54, 1.807) is 6.07 Å². The molecular formula is C22H19FN2O7. The number of anilines is 1. The molecule has 2 aromatic carbocycles. The van der Waals surface area contributed by atoms with Crippen molar-refractivity contribution in [3.8, 4) is 28.7 Å². The maximum absolute atomic E-state index is 14.0. The number of ether oxygens (including phenoxy) is 2. The molecular weight excluding hydrogens is 423 g/mol. The predicted octanol–water partition coefficient (Wildman–Crippen LogP) is 3.22. The van der Waals surface area contributed by atoms with Gasteiger partial charge in [0.15, 0.2) is 11.5 Å². The summed E-state index contributed by atoms with van der Waals surface area (Å²) in [5.74, 6) is -4.38. The van der Waals surface area contributed by atoms with Gasteiger partial charge in [0, 0.05) is 29.8 Å². The van der Waals surface area contributed by atoms with Crippen LogP contribution in [0.2, 0.25) is 0 Å². The Balaban J connectivity index is 2.05. The summed E-state index contributed by atoms with van der Waals surface area (Å²) >= 11 is 0. The van der Waals surface area contributed by atoms with E-state index >= 15 is 0 Å². The number of carboxylic acid groups (broad SMARTS) is 1. The van der Waals surface area contributed by atoms with E-state index in [1.807, 2.05) is 0 Å². The van der Waals surface area contributed by atoms with Crippen LogP contribution in [0.15, 0.2) is 36.5 Å². The average molecular weight is 442 g/mol. The lowest BCUT2D eigenvalue weighted by Crippen LogP contribution is -2.26. The van der Waals surface area contributed by atoms with E-state index in [2.05, 4.69) is 5.32 Å². The molecule has 32 heavy (non-hydrogen) atoms. The summed E-state index contributed by atoms with van der Waals surface area (Å²) in [5, 5.41) is 32.9. The average Bonchev–Trinajstić information content (AvgIpc) is 3.14. The Morgan fingerprint density at radius 1 is 1.19 bits per heavy atom. The molecule has 4 rings (SSSR count). The number of carbonyl (C=O) groups is 2. The van der Waals surface area contributed by atoms with Gasteiger partial charge in [-0.3, -0.25) is 4.79 Å². The number of phenolic OH excluding ortho intramolecular Hbond substituents is 2. The van der Waals surface area contributed by atoms with Gasteiger partial charge in [0.1, 0.15) is 11.4 Å². The van der Waals surface area contributed by atoms with E-state index in [1.165, 1.54) is 49.2 Å². The van der Waals surface area contributed by atoms with Gasteiger partial charge in [-0.1, -0.05) is 6.07 Å². The normalized spacial score (nSPS) is 15.1.